The van der Waals surface area contributed by atoms with E-state index in [2.05, 4.69) is 199 Å². The Hall–Kier alpha value is -1.83. The van der Waals surface area contributed by atoms with Crippen molar-refractivity contribution < 1.29 is 9.63 Å². The molecule has 15 nitrogen and oxygen atoms in total. The molecular formula is C89H169N13O2. The quantitative estimate of drug-likeness (QED) is 0.175. The molecule has 104 heavy (non-hydrogen) atoms. The highest BCUT2D eigenvalue weighted by Gasteiger charge is 2.49. The molecule has 5 spiro atoms. The normalized spacial score (nSPS) is 30.0. The van der Waals surface area contributed by atoms with Gasteiger partial charge in [0, 0.05) is 190 Å². The van der Waals surface area contributed by atoms with Crippen molar-refractivity contribution in [3.8, 4) is 0 Å². The first-order chi connectivity index (χ1) is 49.5. The number of piperazine rings is 1. The molecule has 12 heterocycles. The van der Waals surface area contributed by atoms with Gasteiger partial charge < -0.3 is 40.4 Å². The predicted molar refractivity (Wildman–Crippen MR) is 443 cm³/mol. The van der Waals surface area contributed by atoms with E-state index in [1.54, 1.807) is 17.2 Å². The minimum atomic E-state index is -0.270. The lowest BCUT2D eigenvalue weighted by molar-refractivity contribution is -0.132. The fourth-order valence-corrected chi connectivity index (χ4v) is 20.4. The first-order valence-electron chi connectivity index (χ1n) is 44.4. The number of likely N-dealkylation sites (tertiary alicyclic amines) is 8. The third-order valence-electron chi connectivity index (χ3n) is 28.1. The zero-order valence-corrected chi connectivity index (χ0v) is 71.8. The van der Waals surface area contributed by atoms with E-state index in [-0.39, 0.29) is 5.97 Å². The molecule has 602 valence electrons. The molecule has 16 rings (SSSR count). The Morgan fingerprint density at radius 1 is 0.423 bits per heavy atom. The maximum absolute atomic E-state index is 11.9. The van der Waals surface area contributed by atoms with Crippen LogP contribution < -0.4 is 16.0 Å². The number of carbonyl (C=O) groups is 1. The second-order valence-electron chi connectivity index (χ2n) is 39.1. The van der Waals surface area contributed by atoms with Crippen molar-refractivity contribution in [1.82, 2.24) is 65.1 Å². The summed E-state index contributed by atoms with van der Waals surface area (Å²) < 4.78 is 0. The van der Waals surface area contributed by atoms with Crippen molar-refractivity contribution in [2.75, 3.05) is 157 Å². The highest BCUT2D eigenvalue weighted by Crippen LogP contribution is 2.49. The van der Waals surface area contributed by atoms with Crippen LogP contribution in [-0.2, 0) is 4.84 Å². The van der Waals surface area contributed by atoms with Crippen LogP contribution in [0.3, 0.4) is 0 Å². The van der Waals surface area contributed by atoms with E-state index < -0.39 is 0 Å². The van der Waals surface area contributed by atoms with Gasteiger partial charge in [-0.3, -0.25) is 24.5 Å². The van der Waals surface area contributed by atoms with Gasteiger partial charge in [0.05, 0.1) is 5.56 Å². The van der Waals surface area contributed by atoms with Gasteiger partial charge in [0.1, 0.15) is 0 Å². The van der Waals surface area contributed by atoms with E-state index in [0.29, 0.717) is 28.1 Å². The van der Waals surface area contributed by atoms with Crippen LogP contribution in [0.1, 0.15) is 277 Å². The highest BCUT2D eigenvalue weighted by atomic mass is 16.7. The van der Waals surface area contributed by atoms with Crippen molar-refractivity contribution >= 4 is 5.97 Å². The molecule has 3 saturated carbocycles. The van der Waals surface area contributed by atoms with Crippen molar-refractivity contribution in [1.29, 1.82) is 0 Å². The zero-order valence-electron chi connectivity index (χ0n) is 71.8. The van der Waals surface area contributed by atoms with Crippen molar-refractivity contribution in [2.24, 2.45) is 39.9 Å². The number of benzene rings is 1. The molecule has 15 aliphatic rings. The lowest BCUT2D eigenvalue weighted by Crippen LogP contribution is -2.61. The first kappa shape index (κ1) is 87.7. The van der Waals surface area contributed by atoms with Crippen LogP contribution in [0, 0.1) is 39.9 Å². The minimum Gasteiger partial charge on any atom is -0.364 e. The van der Waals surface area contributed by atoms with Gasteiger partial charge in [-0.2, -0.15) is 0 Å². The molecule has 1 aromatic carbocycles. The molecule has 0 aromatic heterocycles. The number of carbonyl (C=O) groups excluding carboxylic acids is 1. The summed E-state index contributed by atoms with van der Waals surface area (Å²) >= 11 is 0. The topological polar surface area (TPSA) is 94.8 Å². The highest BCUT2D eigenvalue weighted by molar-refractivity contribution is 5.89. The van der Waals surface area contributed by atoms with Crippen LogP contribution in [0.2, 0.25) is 0 Å². The largest absolute Gasteiger partial charge is 0.364 e. The standard InChI is InChI=1S/C14H20N2O2.3C10H20N2.2C10H19N.C9H17N.C9H19N.C7H15N/c1-12(2)15-8-10-16(11-9-15)18-14(17)13-6-4-3-5-7-13;1-9(2)12-6-4-10(8-12)3-5-11-7-10;1-9(2)12-7-3-4-10(12)5-6-11-8-10;1-9(2)12-7-5-10(8-12)4-3-6-11-10;1-8(2)11-6-9-4-3-5-10(9)7-11;1-9(2)11-7-10(8-11)5-3-4-6-10;1-8(2)10-6-9(7-10)4-3-5-9;1-4-5-9-6-10(7-9)8(2)3;1-6(2)8-4-7(3)5-8/h3-7,12H,8-11H2,1-2H3;3*9,11H,3-8H2,1-2H3;8-10H,3-7H2,1-2H3;9H,3-8H2,1-2H3;8H,3-7H2,1-2H3;8-9H,4-7H2,1-3H3;6-7H,4-5H2,1-3H3. The van der Waals surface area contributed by atoms with E-state index in [4.69, 9.17) is 4.84 Å². The molecule has 0 amide bonds. The van der Waals surface area contributed by atoms with Crippen LogP contribution in [0.15, 0.2) is 30.3 Å². The van der Waals surface area contributed by atoms with Gasteiger partial charge in [-0.25, -0.2) is 4.79 Å². The first-order valence-corrected chi connectivity index (χ1v) is 44.4. The van der Waals surface area contributed by atoms with E-state index in [1.165, 1.54) is 259 Å². The maximum atomic E-state index is 11.9. The van der Waals surface area contributed by atoms with E-state index in [9.17, 15) is 4.79 Å². The summed E-state index contributed by atoms with van der Waals surface area (Å²) in [5, 5.41) is 12.4. The minimum absolute atomic E-state index is 0.270. The summed E-state index contributed by atoms with van der Waals surface area (Å²) in [6.45, 7) is 75.6. The van der Waals surface area contributed by atoms with E-state index in [1.807, 2.05) is 18.2 Å². The van der Waals surface area contributed by atoms with Gasteiger partial charge >= 0.3 is 5.97 Å². The van der Waals surface area contributed by atoms with E-state index >= 15 is 0 Å². The number of hydrogen-bond acceptors (Lipinski definition) is 15. The van der Waals surface area contributed by atoms with Gasteiger partial charge in [0.15, 0.2) is 0 Å². The summed E-state index contributed by atoms with van der Waals surface area (Å²) in [7, 11) is 0. The van der Waals surface area contributed by atoms with Crippen LogP contribution in [0.5, 0.6) is 0 Å². The predicted octanol–water partition coefficient (Wildman–Crippen LogP) is 15.1. The molecule has 12 aliphatic heterocycles. The fraction of sp³-hybridized carbons (Fsp3) is 0.921. The summed E-state index contributed by atoms with van der Waals surface area (Å²) in [6.07, 6.45) is 29.0. The third-order valence-corrected chi connectivity index (χ3v) is 28.1. The second kappa shape index (κ2) is 41.6. The monoisotopic (exact) mass is 1450 g/mol. The van der Waals surface area contributed by atoms with Crippen molar-refractivity contribution in [3.05, 3.63) is 35.9 Å². The van der Waals surface area contributed by atoms with Crippen LogP contribution in [0.25, 0.3) is 0 Å². The Bertz CT molecular complexity index is 2440. The number of fused-ring (bicyclic) bond motifs is 1. The summed E-state index contributed by atoms with van der Waals surface area (Å²) in [6, 6.07) is 15.7. The Morgan fingerprint density at radius 2 is 0.913 bits per heavy atom. The Kier molecular flexibility index (Phi) is 35.1. The Balaban J connectivity index is 0.000000149. The number of nitrogens with zero attached hydrogens (tertiary/aromatic N) is 10. The molecule has 12 saturated heterocycles. The molecular weight excluding hydrogens is 1280 g/mol. The van der Waals surface area contributed by atoms with Crippen molar-refractivity contribution in [2.45, 2.75) is 332 Å². The van der Waals surface area contributed by atoms with Crippen molar-refractivity contribution in [3.63, 3.8) is 0 Å². The lowest BCUT2D eigenvalue weighted by Gasteiger charge is -2.57. The van der Waals surface area contributed by atoms with Gasteiger partial charge in [-0.15, -0.1) is 5.06 Å². The fourth-order valence-electron chi connectivity index (χ4n) is 20.4. The zero-order chi connectivity index (χ0) is 75.4. The van der Waals surface area contributed by atoms with Crippen LogP contribution in [0.4, 0.5) is 0 Å². The van der Waals surface area contributed by atoms with Crippen LogP contribution >= 0.6 is 0 Å². The van der Waals surface area contributed by atoms with Gasteiger partial charge in [-0.05, 0) is 306 Å². The Morgan fingerprint density at radius 3 is 1.34 bits per heavy atom. The lowest BCUT2D eigenvalue weighted by atomic mass is 9.63. The SMILES string of the molecule is CC(C)N1CC2(CCC2)C1.CC(C)N1CC2(CCCC2)C1.CC(C)N1CC2CCCC2C1.CC(C)N1CCC2(CCCN2)C1.CC(C)N1CCC2(CCNC2)C1.CC(C)N1CCCC12CCNC2.CC(C)N1CCN(OC(=O)c2ccccc2)CC1.CC1CN(C(C)C)C1.CCCC1CN(C(C)C)C1. The number of hydroxylamine groups is 2. The number of hydrogen-bond donors (Lipinski definition) is 3. The molecule has 3 N–H and O–H groups in total. The van der Waals surface area contributed by atoms with Gasteiger partial charge in [0.2, 0.25) is 0 Å². The average molecular weight is 1450 g/mol. The average Bonchev–Trinajstić information content (AvgIpc) is 1.28. The second-order valence-corrected chi connectivity index (χ2v) is 39.1. The molecule has 5 atom stereocenters. The summed E-state index contributed by atoms with van der Waals surface area (Å²) in [5.41, 5.74) is 3.95. The Labute approximate surface area is 642 Å². The maximum Gasteiger partial charge on any atom is 0.357 e. The molecule has 15 heteroatoms. The van der Waals surface area contributed by atoms with Gasteiger partial charge in [0.25, 0.3) is 0 Å². The molecule has 0 bridgehead atoms. The summed E-state index contributed by atoms with van der Waals surface area (Å²) in [5.74, 6) is 3.84. The number of rotatable bonds is 13. The summed E-state index contributed by atoms with van der Waals surface area (Å²) in [4.78, 5) is 40.4. The van der Waals surface area contributed by atoms with Gasteiger partial charge in [-0.1, -0.05) is 64.2 Å². The van der Waals surface area contributed by atoms with Crippen LogP contribution in [-0.4, -0.2) is 278 Å². The van der Waals surface area contributed by atoms with E-state index in [0.717, 1.165) is 109 Å². The molecule has 1 aromatic rings. The third kappa shape index (κ3) is 25.6. The molecule has 3 aliphatic carbocycles. The smallest absolute Gasteiger partial charge is 0.357 e. The molecule has 0 radical (unpaired) electrons. The molecule has 15 fully saturated rings. The molecule has 5 unspecified atom stereocenters. The number of nitrogens with one attached hydrogen (secondary N) is 3.